The zero-order valence-corrected chi connectivity index (χ0v) is 14.6. The summed E-state index contributed by atoms with van der Waals surface area (Å²) in [5, 5.41) is 16.9. The van der Waals surface area contributed by atoms with E-state index in [1.54, 1.807) is 35.6 Å². The second-order valence-corrected chi connectivity index (χ2v) is 6.62. The van der Waals surface area contributed by atoms with Gasteiger partial charge in [-0.15, -0.1) is 0 Å². The maximum Gasteiger partial charge on any atom is 0.264 e. The Hall–Kier alpha value is -2.77. The Bertz CT molecular complexity index is 889. The number of hydrogen-bond donors (Lipinski definition) is 2. The molecule has 4 rings (SSSR count). The van der Waals surface area contributed by atoms with Gasteiger partial charge in [0.1, 0.15) is 24.2 Å². The highest BCUT2D eigenvalue weighted by molar-refractivity contribution is 7.08. The Morgan fingerprint density at radius 1 is 1.23 bits per heavy atom. The molecule has 3 aromatic rings. The summed E-state index contributed by atoms with van der Waals surface area (Å²) in [6.07, 6.45) is -1.70. The second-order valence-electron chi connectivity index (χ2n) is 5.84. The number of aliphatic hydroxyl groups excluding tert-OH is 1. The molecule has 26 heavy (non-hydrogen) atoms. The van der Waals surface area contributed by atoms with Crippen molar-refractivity contribution in [2.45, 2.75) is 12.2 Å². The number of thiophene rings is 1. The van der Waals surface area contributed by atoms with E-state index >= 15 is 0 Å². The fraction of sp³-hybridized carbons (Fsp3) is 0.211. The van der Waals surface area contributed by atoms with Gasteiger partial charge in [0.25, 0.3) is 5.91 Å². The Balaban J connectivity index is 1.33. The molecule has 6 nitrogen and oxygen atoms in total. The average molecular weight is 371 g/mol. The maximum atomic E-state index is 12.3. The zero-order valence-electron chi connectivity index (χ0n) is 13.8. The van der Waals surface area contributed by atoms with Gasteiger partial charge in [-0.25, -0.2) is 0 Å². The lowest BCUT2D eigenvalue weighted by molar-refractivity contribution is -0.130. The van der Waals surface area contributed by atoms with Gasteiger partial charge in [-0.3, -0.25) is 4.79 Å². The van der Waals surface area contributed by atoms with Gasteiger partial charge in [0.15, 0.2) is 11.5 Å². The van der Waals surface area contributed by atoms with E-state index in [9.17, 15) is 9.90 Å². The third-order valence-corrected chi connectivity index (χ3v) is 4.71. The molecule has 0 saturated carbocycles. The number of carbonyl (C=O) groups is 1. The number of furan rings is 1. The first-order valence-electron chi connectivity index (χ1n) is 8.17. The molecule has 0 bridgehead atoms. The first-order chi connectivity index (χ1) is 12.7. The fourth-order valence-corrected chi connectivity index (χ4v) is 3.30. The van der Waals surface area contributed by atoms with Crippen LogP contribution in [0.1, 0.15) is 11.9 Å². The summed E-state index contributed by atoms with van der Waals surface area (Å²) in [7, 11) is 0. The van der Waals surface area contributed by atoms with Gasteiger partial charge in [0.2, 0.25) is 6.10 Å². The summed E-state index contributed by atoms with van der Waals surface area (Å²) in [6.45, 7) is 0.152. The van der Waals surface area contributed by atoms with Crippen molar-refractivity contribution < 1.29 is 23.8 Å². The topological polar surface area (TPSA) is 80.9 Å². The molecule has 0 aliphatic carbocycles. The van der Waals surface area contributed by atoms with Crippen LogP contribution in [0.15, 0.2) is 57.6 Å². The fourth-order valence-electron chi connectivity index (χ4n) is 2.65. The van der Waals surface area contributed by atoms with Crippen LogP contribution in [-0.2, 0) is 4.79 Å². The molecule has 2 N–H and O–H groups in total. The van der Waals surface area contributed by atoms with Crippen LogP contribution >= 0.6 is 11.3 Å². The summed E-state index contributed by atoms with van der Waals surface area (Å²) >= 11 is 1.57. The third-order valence-electron chi connectivity index (χ3n) is 4.03. The van der Waals surface area contributed by atoms with Crippen molar-refractivity contribution in [2.75, 3.05) is 13.2 Å². The monoisotopic (exact) mass is 371 g/mol. The molecular formula is C19H17NO5S. The van der Waals surface area contributed by atoms with Gasteiger partial charge in [0, 0.05) is 10.9 Å². The molecule has 1 aliphatic rings. The van der Waals surface area contributed by atoms with Gasteiger partial charge in [-0.2, -0.15) is 11.3 Å². The van der Waals surface area contributed by atoms with E-state index < -0.39 is 12.2 Å². The summed E-state index contributed by atoms with van der Waals surface area (Å²) < 4.78 is 16.8. The van der Waals surface area contributed by atoms with Gasteiger partial charge >= 0.3 is 0 Å². The quantitative estimate of drug-likeness (QED) is 0.721. The molecule has 7 heteroatoms. The van der Waals surface area contributed by atoms with E-state index in [1.807, 2.05) is 29.0 Å². The number of amides is 1. The molecule has 3 heterocycles. The van der Waals surface area contributed by atoms with Crippen LogP contribution < -0.4 is 14.8 Å². The molecule has 1 amide bonds. The summed E-state index contributed by atoms with van der Waals surface area (Å²) in [4.78, 5) is 12.3. The van der Waals surface area contributed by atoms with E-state index in [2.05, 4.69) is 5.32 Å². The smallest absolute Gasteiger partial charge is 0.264 e. The molecule has 0 saturated heterocycles. The molecule has 0 unspecified atom stereocenters. The molecule has 0 spiro atoms. The minimum absolute atomic E-state index is 0.0247. The second kappa shape index (κ2) is 7.23. The van der Waals surface area contributed by atoms with Gasteiger partial charge in [0.05, 0.1) is 6.54 Å². The minimum Gasteiger partial charge on any atom is -0.485 e. The lowest BCUT2D eigenvalue weighted by atomic mass is 10.2. The Morgan fingerprint density at radius 3 is 2.88 bits per heavy atom. The van der Waals surface area contributed by atoms with E-state index in [-0.39, 0.29) is 19.1 Å². The first kappa shape index (κ1) is 16.7. The number of aliphatic hydroxyl groups is 1. The molecule has 2 atom stereocenters. The lowest BCUT2D eigenvalue weighted by Gasteiger charge is -2.25. The largest absolute Gasteiger partial charge is 0.485 e. The molecular weight excluding hydrogens is 354 g/mol. The molecule has 134 valence electrons. The highest BCUT2D eigenvalue weighted by atomic mass is 32.1. The van der Waals surface area contributed by atoms with Crippen LogP contribution in [0.2, 0.25) is 0 Å². The normalized spacial score (nSPS) is 16.9. The van der Waals surface area contributed by atoms with E-state index in [4.69, 9.17) is 13.9 Å². The third kappa shape index (κ3) is 3.44. The van der Waals surface area contributed by atoms with Crippen LogP contribution in [0, 0.1) is 0 Å². The van der Waals surface area contributed by atoms with Gasteiger partial charge < -0.3 is 24.3 Å². The zero-order chi connectivity index (χ0) is 17.9. The lowest BCUT2D eigenvalue weighted by Crippen LogP contribution is -2.45. The standard InChI is InChI=1S/C19H17NO5S/c21-13(15-6-5-14(24-15)12-7-8-26-11-12)9-20-19(22)18-10-23-16-3-1-2-4-17(16)25-18/h1-8,11,13,18,21H,9-10H2,(H,20,22)/t13-,18+/m0/s1. The number of hydrogen-bond acceptors (Lipinski definition) is 6. The van der Waals surface area contributed by atoms with Gasteiger partial charge in [-0.05, 0) is 35.7 Å². The number of ether oxygens (including phenoxy) is 2. The van der Waals surface area contributed by atoms with E-state index in [1.165, 1.54) is 0 Å². The number of rotatable bonds is 5. The predicted octanol–water partition coefficient (Wildman–Crippen LogP) is 3.00. The molecule has 0 fully saturated rings. The van der Waals surface area contributed by atoms with Crippen LogP contribution in [0.25, 0.3) is 11.3 Å². The first-order valence-corrected chi connectivity index (χ1v) is 9.11. The number of carbonyl (C=O) groups excluding carboxylic acids is 1. The van der Waals surface area contributed by atoms with E-state index in [0.717, 1.165) is 5.56 Å². The van der Waals surface area contributed by atoms with Crippen LogP contribution in [0.3, 0.4) is 0 Å². The van der Waals surface area contributed by atoms with Crippen molar-refractivity contribution in [3.63, 3.8) is 0 Å². The van der Waals surface area contributed by atoms with Crippen molar-refractivity contribution >= 4 is 17.2 Å². The average Bonchev–Trinajstić information content (AvgIpc) is 3.36. The van der Waals surface area contributed by atoms with Crippen LogP contribution in [-0.4, -0.2) is 30.3 Å². The molecule has 1 aromatic carbocycles. The maximum absolute atomic E-state index is 12.3. The number of benzene rings is 1. The van der Waals surface area contributed by atoms with E-state index in [0.29, 0.717) is 23.0 Å². The van der Waals surface area contributed by atoms with Crippen LogP contribution in [0.4, 0.5) is 0 Å². The highest BCUT2D eigenvalue weighted by Gasteiger charge is 2.27. The Labute approximate surface area is 154 Å². The SMILES string of the molecule is O=C(NC[C@H](O)c1ccc(-c2ccsc2)o1)[C@H]1COc2ccccc2O1. The number of para-hydroxylation sites is 2. The van der Waals surface area contributed by atoms with Crippen molar-refractivity contribution in [1.29, 1.82) is 0 Å². The summed E-state index contributed by atoms with van der Waals surface area (Å²) in [5.41, 5.74) is 0.962. The van der Waals surface area contributed by atoms with Crippen molar-refractivity contribution in [2.24, 2.45) is 0 Å². The number of fused-ring (bicyclic) bond motifs is 1. The highest BCUT2D eigenvalue weighted by Crippen LogP contribution is 2.31. The Morgan fingerprint density at radius 2 is 2.08 bits per heavy atom. The Kier molecular flexibility index (Phi) is 4.64. The minimum atomic E-state index is -0.942. The molecule has 2 aromatic heterocycles. The van der Waals surface area contributed by atoms with Gasteiger partial charge in [-0.1, -0.05) is 12.1 Å². The number of nitrogens with one attached hydrogen (secondary N) is 1. The van der Waals surface area contributed by atoms with Crippen LogP contribution in [0.5, 0.6) is 11.5 Å². The molecule has 0 radical (unpaired) electrons. The van der Waals surface area contributed by atoms with Crippen molar-refractivity contribution in [3.8, 4) is 22.8 Å². The summed E-state index contributed by atoms with van der Waals surface area (Å²) in [6, 6.07) is 12.6. The molecule has 1 aliphatic heterocycles. The predicted molar refractivity (Wildman–Crippen MR) is 96.3 cm³/mol. The summed E-state index contributed by atoms with van der Waals surface area (Å²) in [5.74, 6) is 1.90. The van der Waals surface area contributed by atoms with Crippen molar-refractivity contribution in [3.05, 3.63) is 59.0 Å². The van der Waals surface area contributed by atoms with Crippen molar-refractivity contribution in [1.82, 2.24) is 5.32 Å².